The number of carbonyl (C=O) groups excluding carboxylic acids is 2. The molecule has 1 heterocycles. The number of β-amino-alcohol motifs (C(OH)–C–C–N with tert-alkyl or cyclic N) is 1. The molecule has 1 aromatic carbocycles. The number of primary amides is 1. The lowest BCUT2D eigenvalue weighted by Gasteiger charge is -2.37. The third-order valence-electron chi connectivity index (χ3n) is 4.45. The van der Waals surface area contributed by atoms with Crippen LogP contribution in [0.15, 0.2) is 12.1 Å². The first-order valence-electron chi connectivity index (χ1n) is 7.60. The average molecular weight is 304 g/mol. The van der Waals surface area contributed by atoms with Crippen LogP contribution in [0, 0.1) is 20.8 Å². The van der Waals surface area contributed by atoms with Gasteiger partial charge in [0.2, 0.25) is 5.91 Å². The SMILES string of the molecule is Cc1cc(C)c(CC(=O)N2CCC[C@@](O)(C(N)=O)C2)c(C)c1. The van der Waals surface area contributed by atoms with Gasteiger partial charge in [0.15, 0.2) is 5.60 Å². The molecule has 0 aromatic heterocycles. The Balaban J connectivity index is 2.14. The summed E-state index contributed by atoms with van der Waals surface area (Å²) >= 11 is 0. The lowest BCUT2D eigenvalue weighted by molar-refractivity contribution is -0.148. The summed E-state index contributed by atoms with van der Waals surface area (Å²) in [5, 5.41) is 10.2. The Hall–Kier alpha value is -1.88. The summed E-state index contributed by atoms with van der Waals surface area (Å²) in [4.78, 5) is 25.5. The van der Waals surface area contributed by atoms with E-state index in [0.717, 1.165) is 16.7 Å². The molecule has 0 aliphatic carbocycles. The molecule has 0 bridgehead atoms. The number of aryl methyl sites for hydroxylation is 3. The maximum absolute atomic E-state index is 12.5. The van der Waals surface area contributed by atoms with E-state index in [-0.39, 0.29) is 18.9 Å². The Morgan fingerprint density at radius 1 is 1.27 bits per heavy atom. The third-order valence-corrected chi connectivity index (χ3v) is 4.45. The minimum absolute atomic E-state index is 0.00881. The van der Waals surface area contributed by atoms with Crippen molar-refractivity contribution in [1.29, 1.82) is 0 Å². The quantitative estimate of drug-likeness (QED) is 0.873. The fourth-order valence-electron chi connectivity index (χ4n) is 3.20. The lowest BCUT2D eigenvalue weighted by atomic mass is 9.91. The monoisotopic (exact) mass is 304 g/mol. The van der Waals surface area contributed by atoms with Gasteiger partial charge in [0.1, 0.15) is 0 Å². The number of likely N-dealkylation sites (tertiary alicyclic amines) is 1. The van der Waals surface area contributed by atoms with Crippen molar-refractivity contribution in [2.45, 2.75) is 45.6 Å². The highest BCUT2D eigenvalue weighted by atomic mass is 16.3. The number of aliphatic hydroxyl groups is 1. The molecule has 5 nitrogen and oxygen atoms in total. The summed E-state index contributed by atoms with van der Waals surface area (Å²) in [7, 11) is 0. The van der Waals surface area contributed by atoms with Gasteiger partial charge in [-0.15, -0.1) is 0 Å². The predicted molar refractivity (Wildman–Crippen MR) is 84.3 cm³/mol. The molecular formula is C17H24N2O3. The second-order valence-corrected chi connectivity index (χ2v) is 6.37. The maximum Gasteiger partial charge on any atom is 0.251 e. The molecular weight excluding hydrogens is 280 g/mol. The number of nitrogens with two attached hydrogens (primary N) is 1. The minimum atomic E-state index is -1.59. The first-order chi connectivity index (χ1) is 10.2. The zero-order chi connectivity index (χ0) is 16.5. The van der Waals surface area contributed by atoms with Gasteiger partial charge in [0.25, 0.3) is 5.91 Å². The molecule has 0 radical (unpaired) electrons. The highest BCUT2D eigenvalue weighted by Crippen LogP contribution is 2.23. The normalized spacial score (nSPS) is 21.7. The van der Waals surface area contributed by atoms with Crippen molar-refractivity contribution in [3.05, 3.63) is 34.4 Å². The van der Waals surface area contributed by atoms with Gasteiger partial charge in [-0.2, -0.15) is 0 Å². The van der Waals surface area contributed by atoms with Crippen molar-refractivity contribution < 1.29 is 14.7 Å². The third kappa shape index (κ3) is 3.30. The summed E-state index contributed by atoms with van der Waals surface area (Å²) in [5.74, 6) is -0.831. The number of benzene rings is 1. The molecule has 1 aromatic rings. The number of nitrogens with zero attached hydrogens (tertiary/aromatic N) is 1. The van der Waals surface area contributed by atoms with Crippen molar-refractivity contribution in [1.82, 2.24) is 4.90 Å². The molecule has 22 heavy (non-hydrogen) atoms. The lowest BCUT2D eigenvalue weighted by Crippen LogP contribution is -2.57. The Bertz CT molecular complexity index is 589. The van der Waals surface area contributed by atoms with Gasteiger partial charge in [-0.05, 0) is 50.3 Å². The molecule has 3 N–H and O–H groups in total. The number of hydrogen-bond donors (Lipinski definition) is 2. The van der Waals surface area contributed by atoms with Gasteiger partial charge in [-0.25, -0.2) is 0 Å². The first-order valence-corrected chi connectivity index (χ1v) is 7.60. The number of rotatable bonds is 3. The average Bonchev–Trinajstić information content (AvgIpc) is 2.42. The van der Waals surface area contributed by atoms with Crippen molar-refractivity contribution in [2.24, 2.45) is 5.73 Å². The van der Waals surface area contributed by atoms with E-state index in [1.807, 2.05) is 20.8 Å². The molecule has 120 valence electrons. The molecule has 5 heteroatoms. The summed E-state index contributed by atoms with van der Waals surface area (Å²) in [6, 6.07) is 4.12. The van der Waals surface area contributed by atoms with Crippen LogP contribution in [-0.4, -0.2) is 40.5 Å². The van der Waals surface area contributed by atoms with E-state index in [1.54, 1.807) is 4.90 Å². The Kier molecular flexibility index (Phi) is 4.56. The summed E-state index contributed by atoms with van der Waals surface area (Å²) in [5.41, 5.74) is 8.03. The van der Waals surface area contributed by atoms with E-state index < -0.39 is 11.5 Å². The molecule has 1 aliphatic rings. The standard InChI is InChI=1S/C17H24N2O3/c1-11-7-12(2)14(13(3)8-11)9-15(20)19-6-4-5-17(22,10-19)16(18)21/h7-8,22H,4-6,9-10H2,1-3H3,(H2,18,21)/t17-/m0/s1. The van der Waals surface area contributed by atoms with Crippen LogP contribution in [0.1, 0.15) is 35.1 Å². The number of piperidine rings is 1. The fraction of sp³-hybridized carbons (Fsp3) is 0.529. The van der Waals surface area contributed by atoms with Crippen molar-refractivity contribution in [3.63, 3.8) is 0 Å². The van der Waals surface area contributed by atoms with E-state index in [1.165, 1.54) is 5.56 Å². The minimum Gasteiger partial charge on any atom is -0.378 e. The van der Waals surface area contributed by atoms with Crippen molar-refractivity contribution >= 4 is 11.8 Å². The van der Waals surface area contributed by atoms with Gasteiger partial charge in [0.05, 0.1) is 13.0 Å². The van der Waals surface area contributed by atoms with E-state index >= 15 is 0 Å². The fourth-order valence-corrected chi connectivity index (χ4v) is 3.20. The van der Waals surface area contributed by atoms with E-state index in [4.69, 9.17) is 5.73 Å². The van der Waals surface area contributed by atoms with Gasteiger partial charge in [-0.1, -0.05) is 17.7 Å². The Morgan fingerprint density at radius 2 is 1.86 bits per heavy atom. The topological polar surface area (TPSA) is 83.6 Å². The second-order valence-electron chi connectivity index (χ2n) is 6.37. The van der Waals surface area contributed by atoms with Crippen LogP contribution in [0.2, 0.25) is 0 Å². The molecule has 1 atom stereocenters. The Labute approximate surface area is 131 Å². The molecule has 0 unspecified atom stereocenters. The van der Waals surface area contributed by atoms with Crippen LogP contribution in [0.5, 0.6) is 0 Å². The summed E-state index contributed by atoms with van der Waals surface area (Å²) in [6.45, 7) is 6.57. The summed E-state index contributed by atoms with van der Waals surface area (Å²) in [6.07, 6.45) is 1.18. The smallest absolute Gasteiger partial charge is 0.251 e. The Morgan fingerprint density at radius 3 is 2.41 bits per heavy atom. The van der Waals surface area contributed by atoms with Crippen molar-refractivity contribution in [2.75, 3.05) is 13.1 Å². The zero-order valence-electron chi connectivity index (χ0n) is 13.5. The zero-order valence-corrected chi connectivity index (χ0v) is 13.5. The first kappa shape index (κ1) is 16.5. The molecule has 2 amide bonds. The number of amides is 2. The van der Waals surface area contributed by atoms with E-state index in [2.05, 4.69) is 12.1 Å². The highest BCUT2D eigenvalue weighted by molar-refractivity contribution is 5.86. The largest absolute Gasteiger partial charge is 0.378 e. The van der Waals surface area contributed by atoms with Gasteiger partial charge < -0.3 is 15.7 Å². The molecule has 0 saturated carbocycles. The summed E-state index contributed by atoms with van der Waals surface area (Å²) < 4.78 is 0. The van der Waals surface area contributed by atoms with Crippen LogP contribution in [0.4, 0.5) is 0 Å². The number of carbonyl (C=O) groups is 2. The highest BCUT2D eigenvalue weighted by Gasteiger charge is 2.40. The maximum atomic E-state index is 12.5. The van der Waals surface area contributed by atoms with Gasteiger partial charge in [0, 0.05) is 6.54 Å². The van der Waals surface area contributed by atoms with Crippen LogP contribution in [0.3, 0.4) is 0 Å². The van der Waals surface area contributed by atoms with Gasteiger partial charge in [-0.3, -0.25) is 9.59 Å². The van der Waals surface area contributed by atoms with Crippen LogP contribution in [0.25, 0.3) is 0 Å². The molecule has 1 fully saturated rings. The van der Waals surface area contributed by atoms with Crippen molar-refractivity contribution in [3.8, 4) is 0 Å². The van der Waals surface area contributed by atoms with Crippen LogP contribution >= 0.6 is 0 Å². The molecule has 0 spiro atoms. The van der Waals surface area contributed by atoms with Crippen LogP contribution < -0.4 is 5.73 Å². The van der Waals surface area contributed by atoms with E-state index in [0.29, 0.717) is 19.4 Å². The van der Waals surface area contributed by atoms with Crippen LogP contribution in [-0.2, 0) is 16.0 Å². The molecule has 2 rings (SSSR count). The van der Waals surface area contributed by atoms with Gasteiger partial charge >= 0.3 is 0 Å². The number of hydrogen-bond acceptors (Lipinski definition) is 3. The molecule has 1 saturated heterocycles. The van der Waals surface area contributed by atoms with E-state index in [9.17, 15) is 14.7 Å². The second kappa shape index (κ2) is 6.08. The molecule has 1 aliphatic heterocycles. The predicted octanol–water partition coefficient (Wildman–Crippen LogP) is 0.993.